The molecule has 0 bridgehead atoms. The molecule has 0 aromatic heterocycles. The summed E-state index contributed by atoms with van der Waals surface area (Å²) in [5.74, 6) is 0.0728. The number of carbonyl (C=O) groups excluding carboxylic acids is 1. The van der Waals surface area contributed by atoms with Gasteiger partial charge in [0.15, 0.2) is 5.84 Å². The maximum Gasteiger partial charge on any atom is 1.00 e. The number of hydrogen-bond donors (Lipinski definition) is 0. The SMILES string of the molecule is CCc1ccc(N2N=C(N3CCOCC3)/C(=C\[O-])C2=O)cc1.[Na+]. The number of aryl methyl sites for hydroxylation is 1. The van der Waals surface area contributed by atoms with E-state index in [2.05, 4.69) is 12.0 Å². The zero-order valence-corrected chi connectivity index (χ0v) is 15.5. The van der Waals surface area contributed by atoms with Crippen LogP contribution in [0.1, 0.15) is 12.5 Å². The summed E-state index contributed by atoms with van der Waals surface area (Å²) in [4.78, 5) is 14.4. The van der Waals surface area contributed by atoms with Gasteiger partial charge in [-0.15, -0.1) is 11.4 Å². The van der Waals surface area contributed by atoms with Crippen molar-refractivity contribution in [2.24, 2.45) is 5.10 Å². The molecule has 3 rings (SSSR count). The molecule has 1 fully saturated rings. The number of nitrogens with zero attached hydrogens (tertiary/aromatic N) is 3. The summed E-state index contributed by atoms with van der Waals surface area (Å²) in [5.41, 5.74) is 1.97. The summed E-state index contributed by atoms with van der Waals surface area (Å²) in [7, 11) is 0. The Morgan fingerprint density at radius 2 is 1.91 bits per heavy atom. The van der Waals surface area contributed by atoms with Gasteiger partial charge in [0, 0.05) is 13.1 Å². The van der Waals surface area contributed by atoms with Crippen molar-refractivity contribution < 1.29 is 44.2 Å². The van der Waals surface area contributed by atoms with Gasteiger partial charge in [0.1, 0.15) is 0 Å². The summed E-state index contributed by atoms with van der Waals surface area (Å²) < 4.78 is 5.30. The Morgan fingerprint density at radius 3 is 2.48 bits per heavy atom. The van der Waals surface area contributed by atoms with Crippen LogP contribution in [0.25, 0.3) is 0 Å². The Hall–Kier alpha value is -1.34. The van der Waals surface area contributed by atoms with Crippen molar-refractivity contribution in [1.82, 2.24) is 4.90 Å². The third kappa shape index (κ3) is 3.61. The maximum absolute atomic E-state index is 12.4. The minimum Gasteiger partial charge on any atom is -0.877 e. The van der Waals surface area contributed by atoms with Crippen LogP contribution in [-0.4, -0.2) is 42.9 Å². The van der Waals surface area contributed by atoms with Crippen LogP contribution < -0.4 is 39.7 Å². The quantitative estimate of drug-likeness (QED) is 0.343. The van der Waals surface area contributed by atoms with Gasteiger partial charge in [-0.1, -0.05) is 19.1 Å². The van der Waals surface area contributed by atoms with Crippen LogP contribution in [0.2, 0.25) is 0 Å². The number of anilines is 1. The molecule has 2 aliphatic heterocycles. The number of amides is 1. The van der Waals surface area contributed by atoms with Crippen LogP contribution in [-0.2, 0) is 16.0 Å². The number of amidine groups is 1. The Bertz CT molecular complexity index is 622. The first kappa shape index (κ1) is 18.0. The van der Waals surface area contributed by atoms with Gasteiger partial charge in [-0.3, -0.25) is 4.79 Å². The number of morpholine rings is 1. The van der Waals surface area contributed by atoms with Crippen LogP contribution in [0.3, 0.4) is 0 Å². The molecule has 6 nitrogen and oxygen atoms in total. The van der Waals surface area contributed by atoms with Gasteiger partial charge in [0.05, 0.1) is 24.5 Å². The summed E-state index contributed by atoms with van der Waals surface area (Å²) in [5, 5.41) is 17.0. The van der Waals surface area contributed by atoms with Crippen molar-refractivity contribution >= 4 is 17.4 Å². The predicted molar refractivity (Wildman–Crippen MR) is 81.2 cm³/mol. The molecule has 1 amide bonds. The van der Waals surface area contributed by atoms with Gasteiger partial charge in [0.2, 0.25) is 0 Å². The zero-order valence-electron chi connectivity index (χ0n) is 13.5. The second-order valence-electron chi connectivity index (χ2n) is 5.19. The van der Waals surface area contributed by atoms with E-state index in [1.807, 2.05) is 29.2 Å². The molecule has 0 aliphatic carbocycles. The maximum atomic E-state index is 12.4. The number of ether oxygens (including phenoxy) is 1. The Kier molecular flexibility index (Phi) is 6.24. The molecule has 0 saturated carbocycles. The molecule has 23 heavy (non-hydrogen) atoms. The van der Waals surface area contributed by atoms with E-state index < -0.39 is 0 Å². The number of benzene rings is 1. The van der Waals surface area contributed by atoms with E-state index in [1.54, 1.807) is 0 Å². The molecule has 0 spiro atoms. The van der Waals surface area contributed by atoms with Gasteiger partial charge < -0.3 is 14.7 Å². The van der Waals surface area contributed by atoms with E-state index in [-0.39, 0.29) is 41.0 Å². The Morgan fingerprint density at radius 1 is 1.26 bits per heavy atom. The first-order chi connectivity index (χ1) is 10.7. The first-order valence-electron chi connectivity index (χ1n) is 7.41. The summed E-state index contributed by atoms with van der Waals surface area (Å²) in [6, 6.07) is 7.63. The molecule has 1 aromatic rings. The minimum absolute atomic E-state index is 0. The Balaban J connectivity index is 0.00000192. The molecule has 0 radical (unpaired) electrons. The fourth-order valence-corrected chi connectivity index (χ4v) is 2.56. The van der Waals surface area contributed by atoms with Crippen LogP contribution in [0.4, 0.5) is 5.69 Å². The number of hydrogen-bond acceptors (Lipinski definition) is 5. The van der Waals surface area contributed by atoms with E-state index in [1.165, 1.54) is 10.6 Å². The molecule has 2 heterocycles. The van der Waals surface area contributed by atoms with Gasteiger partial charge in [0.25, 0.3) is 5.91 Å². The largest absolute Gasteiger partial charge is 1.00 e. The van der Waals surface area contributed by atoms with Crippen molar-refractivity contribution in [3.63, 3.8) is 0 Å². The minimum atomic E-state index is -0.374. The fourth-order valence-electron chi connectivity index (χ4n) is 2.56. The molecule has 0 atom stereocenters. The number of carbonyl (C=O) groups is 1. The number of rotatable bonds is 2. The van der Waals surface area contributed by atoms with Crippen molar-refractivity contribution in [1.29, 1.82) is 0 Å². The smallest absolute Gasteiger partial charge is 0.877 e. The first-order valence-corrected chi connectivity index (χ1v) is 7.41. The van der Waals surface area contributed by atoms with Crippen molar-refractivity contribution in [3.05, 3.63) is 41.7 Å². The standard InChI is InChI=1S/C16H19N3O3.Na/c1-2-12-3-5-13(6-4-12)19-16(21)14(11-20)15(17-19)18-7-9-22-10-8-18;/h3-6,11,20H,2,7-10H2,1H3;/q;+1/p-1/b14-11+;. The van der Waals surface area contributed by atoms with Crippen LogP contribution >= 0.6 is 0 Å². The fraction of sp³-hybridized carbons (Fsp3) is 0.375. The molecular weight excluding hydrogens is 305 g/mol. The third-order valence-corrected chi connectivity index (χ3v) is 3.88. The molecule has 2 aliphatic rings. The summed E-state index contributed by atoms with van der Waals surface area (Å²) in [6.07, 6.45) is 1.53. The normalized spacial score (nSPS) is 19.8. The zero-order chi connectivity index (χ0) is 15.5. The van der Waals surface area contributed by atoms with Crippen molar-refractivity contribution in [2.45, 2.75) is 13.3 Å². The molecule has 116 valence electrons. The molecule has 1 aromatic carbocycles. The van der Waals surface area contributed by atoms with E-state index in [9.17, 15) is 9.90 Å². The molecule has 0 N–H and O–H groups in total. The second-order valence-corrected chi connectivity index (χ2v) is 5.19. The predicted octanol–water partition coefficient (Wildman–Crippen LogP) is -2.51. The average Bonchev–Trinajstić information content (AvgIpc) is 2.92. The average molecular weight is 323 g/mol. The van der Waals surface area contributed by atoms with E-state index in [0.29, 0.717) is 44.1 Å². The van der Waals surface area contributed by atoms with E-state index in [4.69, 9.17) is 4.74 Å². The summed E-state index contributed by atoms with van der Waals surface area (Å²) in [6.45, 7) is 4.48. The van der Waals surface area contributed by atoms with Gasteiger partial charge in [-0.2, -0.15) is 5.01 Å². The van der Waals surface area contributed by atoms with Crippen LogP contribution in [0.15, 0.2) is 41.2 Å². The number of hydrazone groups is 1. The second kappa shape index (κ2) is 7.97. The molecule has 0 unspecified atom stereocenters. The van der Waals surface area contributed by atoms with E-state index >= 15 is 0 Å². The van der Waals surface area contributed by atoms with Crippen molar-refractivity contribution in [3.8, 4) is 0 Å². The van der Waals surface area contributed by atoms with E-state index in [0.717, 1.165) is 6.42 Å². The topological polar surface area (TPSA) is 68.2 Å². The van der Waals surface area contributed by atoms with Gasteiger partial charge in [-0.05, 0) is 24.1 Å². The Labute approximate surface area is 157 Å². The van der Waals surface area contributed by atoms with Crippen molar-refractivity contribution in [2.75, 3.05) is 31.3 Å². The van der Waals surface area contributed by atoms with Gasteiger partial charge >= 0.3 is 29.6 Å². The summed E-state index contributed by atoms with van der Waals surface area (Å²) >= 11 is 0. The van der Waals surface area contributed by atoms with Gasteiger partial charge in [-0.25, -0.2) is 0 Å². The molecule has 1 saturated heterocycles. The molecular formula is C16H18N3NaO3. The van der Waals surface area contributed by atoms with Crippen LogP contribution in [0, 0.1) is 0 Å². The van der Waals surface area contributed by atoms with Crippen LogP contribution in [0.5, 0.6) is 0 Å². The third-order valence-electron chi connectivity index (χ3n) is 3.88. The molecule has 7 heteroatoms. The monoisotopic (exact) mass is 323 g/mol.